The summed E-state index contributed by atoms with van der Waals surface area (Å²) in [7, 11) is 0. The van der Waals surface area contributed by atoms with E-state index in [1.54, 1.807) is 12.4 Å². The van der Waals surface area contributed by atoms with Crippen LogP contribution in [-0.4, -0.2) is 25.9 Å². The number of aromatic nitrogens is 4. The Hall–Kier alpha value is -4.00. The van der Waals surface area contributed by atoms with Crippen molar-refractivity contribution in [3.63, 3.8) is 0 Å². The number of carbonyl (C=O) groups is 1. The molecule has 4 rings (SSSR count). The first-order chi connectivity index (χ1) is 14.3. The van der Waals surface area contributed by atoms with Crippen molar-refractivity contribution in [2.45, 2.75) is 13.2 Å². The minimum atomic E-state index is -0.274. The standard InChI is InChI=1S/C22H19N5O2/c28-22(21-15-25-27(26-21)19-6-2-1-3-7-19)24-14-17-8-10-20(11-9-17)29-16-18-5-4-12-23-13-18/h1-13,15H,14,16H2,(H,24,28). The van der Waals surface area contributed by atoms with Crippen molar-refractivity contribution in [3.05, 3.63) is 102 Å². The summed E-state index contributed by atoms with van der Waals surface area (Å²) < 4.78 is 5.74. The van der Waals surface area contributed by atoms with Crippen LogP contribution in [0.3, 0.4) is 0 Å². The van der Waals surface area contributed by atoms with Gasteiger partial charge in [0.25, 0.3) is 5.91 Å². The maximum Gasteiger partial charge on any atom is 0.273 e. The highest BCUT2D eigenvalue weighted by Crippen LogP contribution is 2.14. The highest BCUT2D eigenvalue weighted by molar-refractivity contribution is 5.91. The molecule has 0 radical (unpaired) electrons. The Kier molecular flexibility index (Phi) is 5.57. The Morgan fingerprint density at radius 2 is 1.76 bits per heavy atom. The van der Waals surface area contributed by atoms with E-state index in [1.807, 2.05) is 66.7 Å². The first-order valence-corrected chi connectivity index (χ1v) is 9.14. The fraction of sp³-hybridized carbons (Fsp3) is 0.0909. The van der Waals surface area contributed by atoms with Crippen LogP contribution >= 0.6 is 0 Å². The minimum Gasteiger partial charge on any atom is -0.489 e. The molecule has 2 heterocycles. The van der Waals surface area contributed by atoms with Gasteiger partial charge in [-0.05, 0) is 35.9 Å². The number of ether oxygens (including phenoxy) is 1. The molecule has 0 fully saturated rings. The average molecular weight is 385 g/mol. The lowest BCUT2D eigenvalue weighted by Gasteiger charge is -2.08. The van der Waals surface area contributed by atoms with Crippen molar-refractivity contribution >= 4 is 5.91 Å². The van der Waals surface area contributed by atoms with E-state index >= 15 is 0 Å². The molecule has 0 saturated heterocycles. The van der Waals surface area contributed by atoms with Crippen LogP contribution in [0.5, 0.6) is 5.75 Å². The van der Waals surface area contributed by atoms with E-state index in [2.05, 4.69) is 20.5 Å². The summed E-state index contributed by atoms with van der Waals surface area (Å²) in [6, 6.07) is 20.9. The average Bonchev–Trinajstić information content (AvgIpc) is 3.29. The van der Waals surface area contributed by atoms with Gasteiger partial charge in [-0.25, -0.2) is 0 Å². The molecule has 0 aliphatic heterocycles. The summed E-state index contributed by atoms with van der Waals surface area (Å²) in [5.74, 6) is 0.485. The highest BCUT2D eigenvalue weighted by Gasteiger charge is 2.11. The molecule has 29 heavy (non-hydrogen) atoms. The molecule has 0 atom stereocenters. The first-order valence-electron chi connectivity index (χ1n) is 9.14. The molecule has 2 aromatic carbocycles. The fourth-order valence-electron chi connectivity index (χ4n) is 2.68. The van der Waals surface area contributed by atoms with E-state index in [1.165, 1.54) is 11.0 Å². The molecule has 0 unspecified atom stereocenters. The zero-order valence-corrected chi connectivity index (χ0v) is 15.6. The van der Waals surface area contributed by atoms with Gasteiger partial charge < -0.3 is 10.1 Å². The number of amides is 1. The Morgan fingerprint density at radius 3 is 2.52 bits per heavy atom. The predicted octanol–water partition coefficient (Wildman–Crippen LogP) is 3.17. The van der Waals surface area contributed by atoms with Crippen molar-refractivity contribution in [1.82, 2.24) is 25.3 Å². The van der Waals surface area contributed by atoms with Crippen LogP contribution in [0, 0.1) is 0 Å². The van der Waals surface area contributed by atoms with Crippen LogP contribution in [0.1, 0.15) is 21.6 Å². The third-order valence-electron chi connectivity index (χ3n) is 4.22. The first kappa shape index (κ1) is 18.4. The van der Waals surface area contributed by atoms with Gasteiger partial charge in [-0.2, -0.15) is 9.90 Å². The zero-order valence-electron chi connectivity index (χ0n) is 15.6. The molecule has 7 heteroatoms. The molecule has 0 aliphatic rings. The summed E-state index contributed by atoms with van der Waals surface area (Å²) >= 11 is 0. The second-order valence-corrected chi connectivity index (χ2v) is 6.33. The van der Waals surface area contributed by atoms with Gasteiger partial charge in [-0.3, -0.25) is 9.78 Å². The van der Waals surface area contributed by atoms with Crippen LogP contribution in [0.4, 0.5) is 0 Å². The molecule has 7 nitrogen and oxygen atoms in total. The third kappa shape index (κ3) is 4.84. The summed E-state index contributed by atoms with van der Waals surface area (Å²) in [5, 5.41) is 11.2. The van der Waals surface area contributed by atoms with E-state index in [0.717, 1.165) is 22.6 Å². The van der Waals surface area contributed by atoms with Crippen LogP contribution in [0.15, 0.2) is 85.3 Å². The number of carbonyl (C=O) groups excluding carboxylic acids is 1. The Morgan fingerprint density at radius 1 is 0.931 bits per heavy atom. The number of para-hydroxylation sites is 1. The fourth-order valence-corrected chi connectivity index (χ4v) is 2.68. The largest absolute Gasteiger partial charge is 0.489 e. The van der Waals surface area contributed by atoms with Crippen LogP contribution in [0.25, 0.3) is 5.69 Å². The molecule has 0 spiro atoms. The van der Waals surface area contributed by atoms with E-state index in [9.17, 15) is 4.79 Å². The molecule has 0 bridgehead atoms. The Labute approximate surface area is 168 Å². The van der Waals surface area contributed by atoms with Crippen LogP contribution < -0.4 is 10.1 Å². The van der Waals surface area contributed by atoms with Gasteiger partial charge >= 0.3 is 0 Å². The molecule has 1 amide bonds. The van der Waals surface area contributed by atoms with E-state index in [0.29, 0.717) is 13.2 Å². The lowest BCUT2D eigenvalue weighted by atomic mass is 10.2. The predicted molar refractivity (Wildman–Crippen MR) is 108 cm³/mol. The normalized spacial score (nSPS) is 10.5. The second-order valence-electron chi connectivity index (χ2n) is 6.33. The maximum atomic E-state index is 12.3. The summed E-state index contributed by atoms with van der Waals surface area (Å²) in [5.41, 5.74) is 3.04. The van der Waals surface area contributed by atoms with E-state index in [4.69, 9.17) is 4.74 Å². The van der Waals surface area contributed by atoms with Crippen LogP contribution in [0.2, 0.25) is 0 Å². The maximum absolute atomic E-state index is 12.3. The Bertz CT molecular complexity index is 1060. The molecular weight excluding hydrogens is 366 g/mol. The molecule has 4 aromatic rings. The van der Waals surface area contributed by atoms with Crippen molar-refractivity contribution in [2.75, 3.05) is 0 Å². The molecule has 0 aliphatic carbocycles. The van der Waals surface area contributed by atoms with Crippen molar-refractivity contribution in [3.8, 4) is 11.4 Å². The molecule has 1 N–H and O–H groups in total. The van der Waals surface area contributed by atoms with Crippen molar-refractivity contribution < 1.29 is 9.53 Å². The second kappa shape index (κ2) is 8.79. The monoisotopic (exact) mass is 385 g/mol. The van der Waals surface area contributed by atoms with Gasteiger partial charge in [0, 0.05) is 24.5 Å². The molecule has 2 aromatic heterocycles. The lowest BCUT2D eigenvalue weighted by Crippen LogP contribution is -2.23. The number of benzene rings is 2. The van der Waals surface area contributed by atoms with Gasteiger partial charge in [-0.1, -0.05) is 36.4 Å². The lowest BCUT2D eigenvalue weighted by molar-refractivity contribution is 0.0945. The summed E-state index contributed by atoms with van der Waals surface area (Å²) in [6.07, 6.45) is 4.96. The SMILES string of the molecule is O=C(NCc1ccc(OCc2cccnc2)cc1)c1cnn(-c2ccccc2)n1. The van der Waals surface area contributed by atoms with Crippen LogP contribution in [-0.2, 0) is 13.2 Å². The molecule has 0 saturated carbocycles. The van der Waals surface area contributed by atoms with Crippen molar-refractivity contribution in [2.24, 2.45) is 0 Å². The van der Waals surface area contributed by atoms with Gasteiger partial charge in [0.2, 0.25) is 0 Å². The van der Waals surface area contributed by atoms with Gasteiger partial charge in [0.1, 0.15) is 12.4 Å². The third-order valence-corrected chi connectivity index (χ3v) is 4.22. The molecular formula is C22H19N5O2. The van der Waals surface area contributed by atoms with Gasteiger partial charge in [0.05, 0.1) is 11.9 Å². The summed E-state index contributed by atoms with van der Waals surface area (Å²) in [6.45, 7) is 0.848. The number of pyridine rings is 1. The number of hydrogen-bond donors (Lipinski definition) is 1. The zero-order chi connectivity index (χ0) is 19.9. The summed E-state index contributed by atoms with van der Waals surface area (Å²) in [4.78, 5) is 17.8. The van der Waals surface area contributed by atoms with E-state index in [-0.39, 0.29) is 11.6 Å². The number of rotatable bonds is 7. The van der Waals surface area contributed by atoms with Gasteiger partial charge in [-0.15, -0.1) is 5.10 Å². The molecule has 144 valence electrons. The van der Waals surface area contributed by atoms with Crippen molar-refractivity contribution in [1.29, 1.82) is 0 Å². The highest BCUT2D eigenvalue weighted by atomic mass is 16.5. The topological polar surface area (TPSA) is 81.9 Å². The van der Waals surface area contributed by atoms with Gasteiger partial charge in [0.15, 0.2) is 5.69 Å². The smallest absolute Gasteiger partial charge is 0.273 e. The minimum absolute atomic E-state index is 0.269. The number of nitrogens with zero attached hydrogens (tertiary/aromatic N) is 4. The van der Waals surface area contributed by atoms with E-state index < -0.39 is 0 Å². The number of nitrogens with one attached hydrogen (secondary N) is 1. The number of hydrogen-bond acceptors (Lipinski definition) is 5. The Balaban J connectivity index is 1.30. The quantitative estimate of drug-likeness (QED) is 0.528.